The van der Waals surface area contributed by atoms with Gasteiger partial charge < -0.3 is 0 Å². The number of thiophene rings is 1. The zero-order chi connectivity index (χ0) is 12.5. The van der Waals surface area contributed by atoms with Crippen LogP contribution in [0.5, 0.6) is 0 Å². The highest BCUT2D eigenvalue weighted by Gasteiger charge is 2.19. The maximum absolute atomic E-state index is 12.1. The van der Waals surface area contributed by atoms with E-state index in [1.807, 2.05) is 0 Å². The van der Waals surface area contributed by atoms with Crippen molar-refractivity contribution in [3.05, 3.63) is 39.9 Å². The Labute approximate surface area is 112 Å². The summed E-state index contributed by atoms with van der Waals surface area (Å²) < 4.78 is 27.6. The molecule has 0 aliphatic heterocycles. The number of aromatic nitrogens is 1. The van der Waals surface area contributed by atoms with E-state index in [1.165, 1.54) is 11.3 Å². The van der Waals surface area contributed by atoms with Crippen molar-refractivity contribution in [2.24, 2.45) is 0 Å². The lowest BCUT2D eigenvalue weighted by molar-refractivity contribution is 0.602. The fraction of sp³-hybridized carbons (Fsp3) is 0.100. The number of rotatable bonds is 3. The van der Waals surface area contributed by atoms with E-state index >= 15 is 0 Å². The van der Waals surface area contributed by atoms with Gasteiger partial charge in [-0.25, -0.2) is 8.42 Å². The molecule has 17 heavy (non-hydrogen) atoms. The minimum atomic E-state index is -3.53. The van der Waals surface area contributed by atoms with E-state index in [9.17, 15) is 8.42 Å². The smallest absolute Gasteiger partial charge is 0.272 e. The molecule has 0 aromatic carbocycles. The number of anilines is 1. The van der Waals surface area contributed by atoms with Crippen molar-refractivity contribution in [3.8, 4) is 0 Å². The predicted molar refractivity (Wildman–Crippen MR) is 71.8 cm³/mol. The van der Waals surface area contributed by atoms with Crippen LogP contribution in [0.4, 0.5) is 5.69 Å². The minimum absolute atomic E-state index is 0.272. The van der Waals surface area contributed by atoms with E-state index in [0.717, 1.165) is 5.56 Å². The number of hydrogen-bond donors (Lipinski definition) is 1. The molecule has 0 radical (unpaired) electrons. The molecule has 90 valence electrons. The molecule has 0 saturated carbocycles. The van der Waals surface area contributed by atoms with Crippen LogP contribution >= 0.6 is 27.3 Å². The van der Waals surface area contributed by atoms with Gasteiger partial charge >= 0.3 is 0 Å². The zero-order valence-electron chi connectivity index (χ0n) is 8.84. The molecule has 4 nitrogen and oxygen atoms in total. The van der Waals surface area contributed by atoms with E-state index in [4.69, 9.17) is 0 Å². The quantitative estimate of drug-likeness (QED) is 0.939. The average molecular weight is 333 g/mol. The highest BCUT2D eigenvalue weighted by molar-refractivity contribution is 9.10. The van der Waals surface area contributed by atoms with Crippen LogP contribution in [0.25, 0.3) is 0 Å². The summed E-state index contributed by atoms with van der Waals surface area (Å²) in [6.45, 7) is 1.80. The van der Waals surface area contributed by atoms with Gasteiger partial charge in [0.2, 0.25) is 0 Å². The second-order valence-corrected chi connectivity index (χ2v) is 7.00. The number of hydrogen-bond acceptors (Lipinski definition) is 4. The van der Waals surface area contributed by atoms with Crippen molar-refractivity contribution in [3.63, 3.8) is 0 Å². The van der Waals surface area contributed by atoms with Gasteiger partial charge in [0.1, 0.15) is 0 Å². The van der Waals surface area contributed by atoms with Gasteiger partial charge in [0.05, 0.1) is 5.69 Å². The molecule has 0 fully saturated rings. The average Bonchev–Trinajstić information content (AvgIpc) is 2.68. The van der Waals surface area contributed by atoms with Crippen molar-refractivity contribution in [1.29, 1.82) is 0 Å². The number of halogens is 1. The normalized spacial score (nSPS) is 11.4. The first-order valence-corrected chi connectivity index (χ1v) is 7.83. The van der Waals surface area contributed by atoms with E-state index < -0.39 is 10.0 Å². The topological polar surface area (TPSA) is 59.1 Å². The Morgan fingerprint density at radius 2 is 2.18 bits per heavy atom. The molecule has 2 aromatic rings. The van der Waals surface area contributed by atoms with Crippen LogP contribution in [0.3, 0.4) is 0 Å². The zero-order valence-corrected chi connectivity index (χ0v) is 12.1. The maximum atomic E-state index is 12.1. The van der Waals surface area contributed by atoms with E-state index in [2.05, 4.69) is 25.6 Å². The highest BCUT2D eigenvalue weighted by atomic mass is 79.9. The molecule has 0 atom stereocenters. The highest BCUT2D eigenvalue weighted by Crippen LogP contribution is 2.29. The summed E-state index contributed by atoms with van der Waals surface area (Å²) in [5.74, 6) is 0. The molecular formula is C10H9BrN2O2S2. The van der Waals surface area contributed by atoms with Gasteiger partial charge in [0.25, 0.3) is 10.0 Å². The Morgan fingerprint density at radius 3 is 2.76 bits per heavy atom. The van der Waals surface area contributed by atoms with Crippen LogP contribution in [0.1, 0.15) is 5.56 Å². The molecule has 0 aliphatic rings. The number of nitrogens with zero attached hydrogens (tertiary/aromatic N) is 1. The Balaban J connectivity index is 2.37. The van der Waals surface area contributed by atoms with Crippen LogP contribution in [0.2, 0.25) is 0 Å². The van der Waals surface area contributed by atoms with Crippen molar-refractivity contribution in [1.82, 2.24) is 4.98 Å². The summed E-state index contributed by atoms with van der Waals surface area (Å²) in [6.07, 6.45) is 3.16. The Kier molecular flexibility index (Phi) is 3.50. The molecule has 0 aliphatic carbocycles. The van der Waals surface area contributed by atoms with E-state index in [0.29, 0.717) is 10.2 Å². The summed E-state index contributed by atoms with van der Waals surface area (Å²) in [6, 6.07) is 3.34. The first kappa shape index (κ1) is 12.5. The fourth-order valence-electron chi connectivity index (χ4n) is 1.25. The maximum Gasteiger partial charge on any atom is 0.272 e. The van der Waals surface area contributed by atoms with E-state index in [-0.39, 0.29) is 4.21 Å². The van der Waals surface area contributed by atoms with E-state index in [1.54, 1.807) is 36.8 Å². The summed E-state index contributed by atoms with van der Waals surface area (Å²) in [5, 5.41) is 1.72. The van der Waals surface area contributed by atoms with Crippen LogP contribution in [0, 0.1) is 6.92 Å². The Hall–Kier alpha value is -0.920. The first-order valence-electron chi connectivity index (χ1n) is 4.67. The third kappa shape index (κ3) is 2.67. The van der Waals surface area contributed by atoms with Crippen molar-refractivity contribution < 1.29 is 8.42 Å². The first-order chi connectivity index (χ1) is 8.00. The van der Waals surface area contributed by atoms with Gasteiger partial charge in [-0.05, 0) is 45.9 Å². The standard InChI is InChI=1S/C10H9BrN2O2S2/c1-7-6-12-4-2-9(7)13-17(14,15)10-8(11)3-5-16-10/h2-6H,1H3,(H,12,13). The van der Waals surface area contributed by atoms with Gasteiger partial charge in [-0.2, -0.15) is 0 Å². The molecule has 2 aromatic heterocycles. The fourth-order valence-corrected chi connectivity index (χ4v) is 4.72. The number of pyridine rings is 1. The second kappa shape index (κ2) is 4.75. The van der Waals surface area contributed by atoms with Gasteiger partial charge in [0, 0.05) is 16.9 Å². The van der Waals surface area contributed by atoms with Gasteiger partial charge in [0.15, 0.2) is 4.21 Å². The Bertz CT molecular complexity index is 637. The summed E-state index contributed by atoms with van der Waals surface area (Å²) >= 11 is 4.38. The number of aryl methyl sites for hydroxylation is 1. The SMILES string of the molecule is Cc1cnccc1NS(=O)(=O)c1sccc1Br. The molecule has 0 unspecified atom stereocenters. The Morgan fingerprint density at radius 1 is 1.41 bits per heavy atom. The second-order valence-electron chi connectivity index (χ2n) is 3.35. The summed E-state index contributed by atoms with van der Waals surface area (Å²) in [4.78, 5) is 3.91. The molecule has 0 saturated heterocycles. The number of sulfonamides is 1. The number of nitrogens with one attached hydrogen (secondary N) is 1. The summed E-state index contributed by atoms with van der Waals surface area (Å²) in [7, 11) is -3.53. The third-order valence-corrected chi connectivity index (χ3v) is 6.13. The lowest BCUT2D eigenvalue weighted by Gasteiger charge is -2.08. The van der Waals surface area contributed by atoms with Gasteiger partial charge in [-0.15, -0.1) is 11.3 Å². The van der Waals surface area contributed by atoms with Crippen LogP contribution in [0.15, 0.2) is 38.6 Å². The minimum Gasteiger partial charge on any atom is -0.279 e. The van der Waals surface area contributed by atoms with Crippen molar-refractivity contribution in [2.45, 2.75) is 11.1 Å². The molecule has 1 N–H and O–H groups in total. The predicted octanol–water partition coefficient (Wildman–Crippen LogP) is 3.01. The van der Waals surface area contributed by atoms with Crippen molar-refractivity contribution >= 4 is 43.0 Å². The monoisotopic (exact) mass is 332 g/mol. The largest absolute Gasteiger partial charge is 0.279 e. The molecule has 0 amide bonds. The van der Waals surface area contributed by atoms with Crippen LogP contribution in [-0.4, -0.2) is 13.4 Å². The third-order valence-electron chi connectivity index (χ3n) is 2.09. The van der Waals surface area contributed by atoms with Gasteiger partial charge in [-0.1, -0.05) is 0 Å². The molecule has 7 heteroatoms. The lowest BCUT2D eigenvalue weighted by atomic mass is 10.3. The lowest BCUT2D eigenvalue weighted by Crippen LogP contribution is -2.12. The van der Waals surface area contributed by atoms with Crippen LogP contribution in [-0.2, 0) is 10.0 Å². The molecule has 0 bridgehead atoms. The van der Waals surface area contributed by atoms with Crippen molar-refractivity contribution in [2.75, 3.05) is 4.72 Å². The molecule has 2 heterocycles. The van der Waals surface area contributed by atoms with Gasteiger partial charge in [-0.3, -0.25) is 9.71 Å². The summed E-state index contributed by atoms with van der Waals surface area (Å²) in [5.41, 5.74) is 1.32. The molecular weight excluding hydrogens is 324 g/mol. The van der Waals surface area contributed by atoms with Crippen LogP contribution < -0.4 is 4.72 Å². The molecule has 0 spiro atoms. The molecule has 2 rings (SSSR count).